The molecule has 1 atom stereocenters. The molecule has 6 heteroatoms. The number of thiophene rings is 1. The largest absolute Gasteiger partial charge is 0.337 e. The van der Waals surface area contributed by atoms with Gasteiger partial charge in [0.25, 0.3) is 0 Å². The molecule has 0 spiro atoms. The Hall–Kier alpha value is -1.79. The first-order chi connectivity index (χ1) is 11.2. The van der Waals surface area contributed by atoms with Crippen LogP contribution in [0.3, 0.4) is 0 Å². The van der Waals surface area contributed by atoms with Crippen molar-refractivity contribution in [1.29, 1.82) is 0 Å². The maximum atomic E-state index is 12.9. The van der Waals surface area contributed by atoms with Gasteiger partial charge in [0, 0.05) is 37.3 Å². The summed E-state index contributed by atoms with van der Waals surface area (Å²) >= 11 is 1.81. The van der Waals surface area contributed by atoms with E-state index in [-0.39, 0.29) is 11.9 Å². The van der Waals surface area contributed by atoms with Crippen LogP contribution in [0.5, 0.6) is 0 Å². The summed E-state index contributed by atoms with van der Waals surface area (Å²) in [5.74, 6) is 0.236. The first-order valence-electron chi connectivity index (χ1n) is 8.08. The van der Waals surface area contributed by atoms with Crippen molar-refractivity contribution >= 4 is 17.2 Å². The second-order valence-corrected chi connectivity index (χ2v) is 7.27. The standard InChI is InChI=1S/C17H20N4OS/c1-12(20-5-2-13-8-18-11-19-15(13)10-20)17(22)21-6-3-16-14(9-21)4-7-23-16/h4,7-8,11-12H,2-3,5-6,9-10H2,1H3/t12-/m0/s1. The van der Waals surface area contributed by atoms with Gasteiger partial charge < -0.3 is 4.90 Å². The minimum absolute atomic E-state index is 0.0988. The fraction of sp³-hybridized carbons (Fsp3) is 0.471. The molecule has 23 heavy (non-hydrogen) atoms. The van der Waals surface area contributed by atoms with Crippen LogP contribution in [0, 0.1) is 0 Å². The molecule has 0 fully saturated rings. The van der Waals surface area contributed by atoms with E-state index in [1.165, 1.54) is 16.0 Å². The molecule has 4 rings (SSSR count). The van der Waals surface area contributed by atoms with Crippen molar-refractivity contribution in [1.82, 2.24) is 19.8 Å². The SMILES string of the molecule is C[C@@H](C(=O)N1CCc2sccc2C1)N1CCc2cncnc2C1. The van der Waals surface area contributed by atoms with Gasteiger partial charge in [-0.1, -0.05) is 0 Å². The highest BCUT2D eigenvalue weighted by molar-refractivity contribution is 7.10. The average Bonchev–Trinajstić information content (AvgIpc) is 3.07. The fourth-order valence-corrected chi connectivity index (χ4v) is 4.35. The summed E-state index contributed by atoms with van der Waals surface area (Å²) in [6.07, 6.45) is 5.40. The smallest absolute Gasteiger partial charge is 0.239 e. The number of carbonyl (C=O) groups excluding carboxylic acids is 1. The highest BCUT2D eigenvalue weighted by Gasteiger charge is 2.30. The van der Waals surface area contributed by atoms with E-state index in [0.29, 0.717) is 0 Å². The predicted octanol–water partition coefficient (Wildman–Crippen LogP) is 1.87. The second kappa shape index (κ2) is 6.02. The molecule has 2 aromatic rings. The summed E-state index contributed by atoms with van der Waals surface area (Å²) in [6, 6.07) is 2.05. The molecule has 0 N–H and O–H groups in total. The van der Waals surface area contributed by atoms with Gasteiger partial charge >= 0.3 is 0 Å². The minimum atomic E-state index is -0.0988. The van der Waals surface area contributed by atoms with Crippen molar-refractivity contribution in [3.63, 3.8) is 0 Å². The maximum absolute atomic E-state index is 12.9. The monoisotopic (exact) mass is 328 g/mol. The molecule has 2 aromatic heterocycles. The number of nitrogens with zero attached hydrogens (tertiary/aromatic N) is 4. The number of hydrogen-bond acceptors (Lipinski definition) is 5. The van der Waals surface area contributed by atoms with Crippen LogP contribution in [-0.4, -0.2) is 44.8 Å². The molecular formula is C17H20N4OS. The van der Waals surface area contributed by atoms with Gasteiger partial charge in [-0.15, -0.1) is 11.3 Å². The van der Waals surface area contributed by atoms with Crippen LogP contribution in [0.4, 0.5) is 0 Å². The maximum Gasteiger partial charge on any atom is 0.239 e. The zero-order valence-electron chi connectivity index (χ0n) is 13.2. The topological polar surface area (TPSA) is 49.3 Å². The minimum Gasteiger partial charge on any atom is -0.337 e. The predicted molar refractivity (Wildman–Crippen MR) is 89.0 cm³/mol. The highest BCUT2D eigenvalue weighted by Crippen LogP contribution is 2.25. The Kier molecular flexibility index (Phi) is 3.87. The van der Waals surface area contributed by atoms with Crippen molar-refractivity contribution in [2.75, 3.05) is 13.1 Å². The summed E-state index contributed by atoms with van der Waals surface area (Å²) in [4.78, 5) is 27.0. The molecule has 0 aliphatic carbocycles. The van der Waals surface area contributed by atoms with Crippen LogP contribution in [0.1, 0.15) is 28.6 Å². The van der Waals surface area contributed by atoms with Gasteiger partial charge in [-0.2, -0.15) is 0 Å². The van der Waals surface area contributed by atoms with E-state index < -0.39 is 0 Å². The van der Waals surface area contributed by atoms with E-state index in [2.05, 4.69) is 26.3 Å². The van der Waals surface area contributed by atoms with Crippen LogP contribution in [0.15, 0.2) is 24.0 Å². The molecule has 0 unspecified atom stereocenters. The third-order valence-electron chi connectivity index (χ3n) is 4.93. The fourth-order valence-electron chi connectivity index (χ4n) is 3.46. The Morgan fingerprint density at radius 1 is 1.26 bits per heavy atom. The molecule has 0 radical (unpaired) electrons. The molecule has 0 aromatic carbocycles. The molecule has 0 saturated carbocycles. The van der Waals surface area contributed by atoms with Crippen LogP contribution >= 0.6 is 11.3 Å². The number of amides is 1. The Labute approximate surface area is 140 Å². The van der Waals surface area contributed by atoms with Crippen molar-refractivity contribution in [2.45, 2.75) is 38.9 Å². The van der Waals surface area contributed by atoms with E-state index in [9.17, 15) is 4.79 Å². The summed E-state index contributed by atoms with van der Waals surface area (Å²) in [5.41, 5.74) is 3.59. The van der Waals surface area contributed by atoms with Crippen molar-refractivity contribution < 1.29 is 4.79 Å². The highest BCUT2D eigenvalue weighted by atomic mass is 32.1. The molecule has 4 heterocycles. The van der Waals surface area contributed by atoms with Gasteiger partial charge in [-0.25, -0.2) is 9.97 Å². The quantitative estimate of drug-likeness (QED) is 0.844. The van der Waals surface area contributed by atoms with Crippen molar-refractivity contribution in [2.24, 2.45) is 0 Å². The van der Waals surface area contributed by atoms with E-state index in [1.54, 1.807) is 17.7 Å². The third kappa shape index (κ3) is 2.77. The lowest BCUT2D eigenvalue weighted by atomic mass is 10.0. The molecule has 120 valence electrons. The Balaban J connectivity index is 1.45. The average molecular weight is 328 g/mol. The number of carbonyl (C=O) groups is 1. The summed E-state index contributed by atoms with van der Waals surface area (Å²) in [5, 5.41) is 2.13. The molecule has 2 aliphatic heterocycles. The Morgan fingerprint density at radius 3 is 3.09 bits per heavy atom. The lowest BCUT2D eigenvalue weighted by Crippen LogP contribution is -2.49. The number of hydrogen-bond donors (Lipinski definition) is 0. The summed E-state index contributed by atoms with van der Waals surface area (Å²) < 4.78 is 0. The third-order valence-corrected chi connectivity index (χ3v) is 5.95. The van der Waals surface area contributed by atoms with Crippen molar-refractivity contribution in [3.8, 4) is 0 Å². The van der Waals surface area contributed by atoms with E-state index in [0.717, 1.165) is 44.7 Å². The van der Waals surface area contributed by atoms with Gasteiger partial charge in [0.2, 0.25) is 5.91 Å². The second-order valence-electron chi connectivity index (χ2n) is 6.27. The Bertz CT molecular complexity index is 729. The number of rotatable bonds is 2. The molecular weight excluding hydrogens is 308 g/mol. The van der Waals surface area contributed by atoms with E-state index in [4.69, 9.17) is 0 Å². The van der Waals surface area contributed by atoms with Gasteiger partial charge in [-0.05, 0) is 42.3 Å². The van der Waals surface area contributed by atoms with Gasteiger partial charge in [0.1, 0.15) is 6.33 Å². The molecule has 0 saturated heterocycles. The lowest BCUT2D eigenvalue weighted by Gasteiger charge is -2.36. The van der Waals surface area contributed by atoms with Gasteiger partial charge in [-0.3, -0.25) is 9.69 Å². The van der Waals surface area contributed by atoms with Gasteiger partial charge in [0.05, 0.1) is 11.7 Å². The molecule has 2 aliphatic rings. The molecule has 1 amide bonds. The zero-order chi connectivity index (χ0) is 15.8. The lowest BCUT2D eigenvalue weighted by molar-refractivity contribution is -0.137. The normalized spacial score (nSPS) is 19.1. The summed E-state index contributed by atoms with van der Waals surface area (Å²) in [6.45, 7) is 5.25. The van der Waals surface area contributed by atoms with Crippen LogP contribution in [0.2, 0.25) is 0 Å². The first-order valence-corrected chi connectivity index (χ1v) is 8.96. The Morgan fingerprint density at radius 2 is 2.17 bits per heavy atom. The number of fused-ring (bicyclic) bond motifs is 2. The van der Waals surface area contributed by atoms with Crippen LogP contribution in [-0.2, 0) is 30.7 Å². The van der Waals surface area contributed by atoms with E-state index >= 15 is 0 Å². The van der Waals surface area contributed by atoms with E-state index in [1.807, 2.05) is 18.0 Å². The van der Waals surface area contributed by atoms with Crippen molar-refractivity contribution in [3.05, 3.63) is 45.7 Å². The number of aromatic nitrogens is 2. The van der Waals surface area contributed by atoms with Crippen LogP contribution < -0.4 is 0 Å². The van der Waals surface area contributed by atoms with Gasteiger partial charge in [0.15, 0.2) is 0 Å². The zero-order valence-corrected chi connectivity index (χ0v) is 14.1. The molecule has 0 bridgehead atoms. The summed E-state index contributed by atoms with van der Waals surface area (Å²) in [7, 11) is 0. The van der Waals surface area contributed by atoms with Crippen LogP contribution in [0.25, 0.3) is 0 Å². The molecule has 5 nitrogen and oxygen atoms in total. The first kappa shape index (κ1) is 14.8.